The fraction of sp³-hybridized carbons (Fsp3) is 0.286. The van der Waals surface area contributed by atoms with Crippen molar-refractivity contribution in [3.8, 4) is 5.75 Å². The minimum absolute atomic E-state index is 0.0136. The Kier molecular flexibility index (Phi) is 5.20. The number of carbonyl (C=O) groups is 2. The lowest BCUT2D eigenvalue weighted by atomic mass is 9.74. The highest BCUT2D eigenvalue weighted by molar-refractivity contribution is 9.10. The Balaban J connectivity index is 1.92. The summed E-state index contributed by atoms with van der Waals surface area (Å²) < 4.78 is 5.82. The first kappa shape index (κ1) is 19.3. The number of carbonyl (C=O) groups excluding carboxylic acids is 2. The Hall–Kier alpha value is -2.47. The number of hydrogen-bond acceptors (Lipinski definition) is 3. The minimum Gasteiger partial charge on any atom is -0.497 e. The third kappa shape index (κ3) is 4.11. The predicted molar refractivity (Wildman–Crippen MR) is 109 cm³/mol. The van der Waals surface area contributed by atoms with Crippen molar-refractivity contribution in [1.29, 1.82) is 0 Å². The molecule has 0 saturated heterocycles. The molecule has 0 bridgehead atoms. The quantitative estimate of drug-likeness (QED) is 0.766. The highest BCUT2D eigenvalue weighted by atomic mass is 79.9. The summed E-state index contributed by atoms with van der Waals surface area (Å²) in [7, 11) is 1.55. The van der Waals surface area contributed by atoms with E-state index < -0.39 is 0 Å². The molecule has 0 saturated carbocycles. The number of rotatable bonds is 2. The van der Waals surface area contributed by atoms with Crippen LogP contribution in [0.5, 0.6) is 5.75 Å². The SMILES string of the molecule is COc1ccc(Br)c(C(=O)N=C2C=CC3C(=C2)NC(=O)C=C3C(C)(C)C)c1. The number of nitrogens with zero attached hydrogens (tertiary/aromatic N) is 1. The summed E-state index contributed by atoms with van der Waals surface area (Å²) in [5.41, 5.74) is 2.55. The molecule has 140 valence electrons. The van der Waals surface area contributed by atoms with E-state index in [-0.39, 0.29) is 23.1 Å². The molecule has 1 N–H and O–H groups in total. The number of nitrogens with one attached hydrogen (secondary N) is 1. The molecule has 27 heavy (non-hydrogen) atoms. The number of methoxy groups -OCH3 is 1. The smallest absolute Gasteiger partial charge is 0.278 e. The van der Waals surface area contributed by atoms with Gasteiger partial charge in [-0.25, -0.2) is 4.99 Å². The average Bonchev–Trinajstić information content (AvgIpc) is 2.60. The molecule has 0 radical (unpaired) electrons. The van der Waals surface area contributed by atoms with Crippen LogP contribution < -0.4 is 10.1 Å². The third-order valence-corrected chi connectivity index (χ3v) is 5.18. The zero-order valence-corrected chi connectivity index (χ0v) is 17.3. The van der Waals surface area contributed by atoms with Crippen molar-refractivity contribution in [1.82, 2.24) is 5.32 Å². The van der Waals surface area contributed by atoms with Crippen molar-refractivity contribution in [3.63, 3.8) is 0 Å². The summed E-state index contributed by atoms with van der Waals surface area (Å²) >= 11 is 3.37. The molecule has 1 unspecified atom stereocenters. The maximum atomic E-state index is 12.6. The van der Waals surface area contributed by atoms with E-state index in [1.165, 1.54) is 0 Å². The molecular formula is C21H21BrN2O3. The summed E-state index contributed by atoms with van der Waals surface area (Å²) in [6.45, 7) is 6.24. The van der Waals surface area contributed by atoms with Crippen LogP contribution >= 0.6 is 15.9 Å². The van der Waals surface area contributed by atoms with Gasteiger partial charge in [-0.3, -0.25) is 9.59 Å². The van der Waals surface area contributed by atoms with Gasteiger partial charge < -0.3 is 10.1 Å². The lowest BCUT2D eigenvalue weighted by Crippen LogP contribution is -2.36. The van der Waals surface area contributed by atoms with E-state index in [4.69, 9.17) is 4.74 Å². The van der Waals surface area contributed by atoms with E-state index in [9.17, 15) is 9.59 Å². The Morgan fingerprint density at radius 3 is 2.67 bits per heavy atom. The number of amides is 2. The number of allylic oxidation sites excluding steroid dienone is 3. The van der Waals surface area contributed by atoms with E-state index in [0.29, 0.717) is 21.5 Å². The van der Waals surface area contributed by atoms with Gasteiger partial charge in [0, 0.05) is 22.2 Å². The number of fused-ring (bicyclic) bond motifs is 1. The fourth-order valence-corrected chi connectivity index (χ4v) is 3.53. The van der Waals surface area contributed by atoms with Crippen molar-refractivity contribution >= 4 is 33.5 Å². The Morgan fingerprint density at radius 2 is 2.00 bits per heavy atom. The van der Waals surface area contributed by atoms with Crippen LogP contribution in [0.2, 0.25) is 0 Å². The standard InChI is InChI=1S/C21H21BrN2O3/c1-21(2,3)16-11-19(25)24-18-9-12(5-7-14(16)18)23-20(26)15-10-13(27-4)6-8-17(15)22/h5-11,14H,1-4H3,(H,24,25). The molecule has 1 aliphatic heterocycles. The van der Waals surface area contributed by atoms with E-state index in [0.717, 1.165) is 11.3 Å². The molecular weight excluding hydrogens is 408 g/mol. The van der Waals surface area contributed by atoms with Crippen LogP contribution in [0.25, 0.3) is 0 Å². The summed E-state index contributed by atoms with van der Waals surface area (Å²) in [5, 5.41) is 2.87. The molecule has 1 aromatic carbocycles. The first-order valence-corrected chi connectivity index (χ1v) is 9.38. The van der Waals surface area contributed by atoms with Crippen LogP contribution in [-0.4, -0.2) is 24.6 Å². The predicted octanol–water partition coefficient (Wildman–Crippen LogP) is 4.21. The molecule has 1 aromatic rings. The lowest BCUT2D eigenvalue weighted by molar-refractivity contribution is -0.116. The van der Waals surface area contributed by atoms with Gasteiger partial charge in [0.05, 0.1) is 18.4 Å². The van der Waals surface area contributed by atoms with Gasteiger partial charge in [-0.1, -0.05) is 26.8 Å². The molecule has 0 fully saturated rings. The van der Waals surface area contributed by atoms with Crippen molar-refractivity contribution in [2.45, 2.75) is 20.8 Å². The van der Waals surface area contributed by atoms with Crippen LogP contribution in [0.3, 0.4) is 0 Å². The fourth-order valence-electron chi connectivity index (χ4n) is 3.12. The van der Waals surface area contributed by atoms with Crippen LogP contribution in [-0.2, 0) is 4.79 Å². The van der Waals surface area contributed by atoms with E-state index in [1.807, 2.05) is 12.2 Å². The molecule has 1 heterocycles. The second-order valence-corrected chi connectivity index (χ2v) is 8.32. The molecule has 6 heteroatoms. The van der Waals surface area contributed by atoms with E-state index in [1.54, 1.807) is 37.5 Å². The van der Waals surface area contributed by atoms with Gasteiger partial charge in [0.2, 0.25) is 5.91 Å². The normalized spacial score (nSPS) is 20.6. The zero-order valence-electron chi connectivity index (χ0n) is 15.7. The number of aliphatic imine (C=N–C) groups is 1. The van der Waals surface area contributed by atoms with Crippen LogP contribution in [0.15, 0.2) is 63.2 Å². The van der Waals surface area contributed by atoms with Gasteiger partial charge in [0.15, 0.2) is 0 Å². The first-order valence-electron chi connectivity index (χ1n) is 8.58. The molecule has 1 aliphatic carbocycles. The topological polar surface area (TPSA) is 67.8 Å². The Bertz CT molecular complexity index is 933. The van der Waals surface area contributed by atoms with Gasteiger partial charge in [0.25, 0.3) is 5.91 Å². The summed E-state index contributed by atoms with van der Waals surface area (Å²) in [6.07, 6.45) is 7.20. The van der Waals surface area contributed by atoms with Crippen molar-refractivity contribution in [3.05, 3.63) is 63.8 Å². The van der Waals surface area contributed by atoms with E-state index in [2.05, 4.69) is 47.0 Å². The van der Waals surface area contributed by atoms with Gasteiger partial charge in [0.1, 0.15) is 5.75 Å². The second kappa shape index (κ2) is 7.27. The monoisotopic (exact) mass is 428 g/mol. The third-order valence-electron chi connectivity index (χ3n) is 4.49. The summed E-state index contributed by atoms with van der Waals surface area (Å²) in [4.78, 5) is 28.9. The molecule has 2 aliphatic rings. The molecule has 3 rings (SSSR count). The van der Waals surface area contributed by atoms with Crippen molar-refractivity contribution in [2.75, 3.05) is 7.11 Å². The molecule has 1 atom stereocenters. The summed E-state index contributed by atoms with van der Waals surface area (Å²) in [6, 6.07) is 5.15. The highest BCUT2D eigenvalue weighted by Crippen LogP contribution is 2.38. The number of hydrogen-bond donors (Lipinski definition) is 1. The molecule has 0 spiro atoms. The van der Waals surface area contributed by atoms with Gasteiger partial charge in [-0.2, -0.15) is 0 Å². The van der Waals surface area contributed by atoms with Crippen molar-refractivity contribution < 1.29 is 14.3 Å². The van der Waals surface area contributed by atoms with Crippen LogP contribution in [0.4, 0.5) is 0 Å². The molecule has 0 aromatic heterocycles. The van der Waals surface area contributed by atoms with Gasteiger partial charge in [-0.05, 0) is 57.3 Å². The van der Waals surface area contributed by atoms with E-state index >= 15 is 0 Å². The highest BCUT2D eigenvalue weighted by Gasteiger charge is 2.32. The lowest BCUT2D eigenvalue weighted by Gasteiger charge is -2.34. The largest absolute Gasteiger partial charge is 0.497 e. The molecule has 5 nitrogen and oxygen atoms in total. The number of ether oxygens (including phenoxy) is 1. The molecule has 2 amide bonds. The maximum Gasteiger partial charge on any atom is 0.278 e. The number of halogens is 1. The zero-order chi connectivity index (χ0) is 19.8. The number of benzene rings is 1. The minimum atomic E-state index is -0.385. The van der Waals surface area contributed by atoms with Crippen molar-refractivity contribution in [2.24, 2.45) is 16.3 Å². The van der Waals surface area contributed by atoms with Crippen LogP contribution in [0.1, 0.15) is 31.1 Å². The Morgan fingerprint density at radius 1 is 1.26 bits per heavy atom. The average molecular weight is 429 g/mol. The maximum absolute atomic E-state index is 12.6. The van der Waals surface area contributed by atoms with Gasteiger partial charge >= 0.3 is 0 Å². The summed E-state index contributed by atoms with van der Waals surface area (Å²) in [5.74, 6) is 0.0301. The van der Waals surface area contributed by atoms with Gasteiger partial charge in [-0.15, -0.1) is 0 Å². The second-order valence-electron chi connectivity index (χ2n) is 7.46. The first-order chi connectivity index (χ1) is 12.7. The van der Waals surface area contributed by atoms with Crippen LogP contribution in [0, 0.1) is 11.3 Å². The Labute approximate surface area is 167 Å².